The highest BCUT2D eigenvalue weighted by atomic mass is 16.2. The van der Waals surface area contributed by atoms with Crippen molar-refractivity contribution in [3.05, 3.63) is 54.6 Å². The summed E-state index contributed by atoms with van der Waals surface area (Å²) in [4.78, 5) is 29.4. The average molecular weight is 353 g/mol. The number of anilines is 3. The first-order valence-electron chi connectivity index (χ1n) is 8.73. The number of hydrogen-bond donors (Lipinski definition) is 1. The number of hydrogen-bond acceptors (Lipinski definition) is 3. The highest BCUT2D eigenvalue weighted by molar-refractivity contribution is 6.14. The van der Waals surface area contributed by atoms with Gasteiger partial charge in [0.1, 0.15) is 5.41 Å². The lowest BCUT2D eigenvalue weighted by Crippen LogP contribution is -2.47. The number of nitrogens with zero attached hydrogens (tertiary/aromatic N) is 2. The summed E-state index contributed by atoms with van der Waals surface area (Å²) in [5.74, 6) is -0.553. The van der Waals surface area contributed by atoms with Crippen molar-refractivity contribution < 1.29 is 9.59 Å². The van der Waals surface area contributed by atoms with Gasteiger partial charge < -0.3 is 15.1 Å². The van der Waals surface area contributed by atoms with Crippen LogP contribution in [0.2, 0.25) is 0 Å². The summed E-state index contributed by atoms with van der Waals surface area (Å²) >= 11 is 0. The van der Waals surface area contributed by atoms with Crippen molar-refractivity contribution in [1.29, 1.82) is 0 Å². The standard InChI is InChI=1S/C21H27N3O2/c1-6-24(18-10-8-7-9-11-18)20(26)21(2,3)19(25)22-16-12-14-17(15-13-16)23(4)5/h7-15H,6H2,1-5H3,(H,22,25). The molecule has 5 heteroatoms. The Morgan fingerprint density at radius 2 is 1.50 bits per heavy atom. The first-order chi connectivity index (χ1) is 12.3. The molecule has 26 heavy (non-hydrogen) atoms. The maximum Gasteiger partial charge on any atom is 0.242 e. The van der Waals surface area contributed by atoms with Crippen LogP contribution in [0.3, 0.4) is 0 Å². The third-order valence-corrected chi connectivity index (χ3v) is 4.37. The van der Waals surface area contributed by atoms with Crippen LogP contribution in [0.1, 0.15) is 20.8 Å². The van der Waals surface area contributed by atoms with Crippen molar-refractivity contribution in [2.45, 2.75) is 20.8 Å². The lowest BCUT2D eigenvalue weighted by molar-refractivity contribution is -0.136. The Morgan fingerprint density at radius 1 is 0.923 bits per heavy atom. The Hall–Kier alpha value is -2.82. The molecule has 0 fully saturated rings. The van der Waals surface area contributed by atoms with E-state index in [4.69, 9.17) is 0 Å². The first-order valence-corrected chi connectivity index (χ1v) is 8.73. The lowest BCUT2D eigenvalue weighted by Gasteiger charge is -2.30. The predicted octanol–water partition coefficient (Wildman–Crippen LogP) is 3.77. The molecule has 1 N–H and O–H groups in total. The molecule has 0 atom stereocenters. The molecule has 0 unspecified atom stereocenters. The fraction of sp³-hybridized carbons (Fsp3) is 0.333. The molecule has 0 aliphatic carbocycles. The number of nitrogens with one attached hydrogen (secondary N) is 1. The minimum Gasteiger partial charge on any atom is -0.378 e. The molecule has 0 bridgehead atoms. The van der Waals surface area contributed by atoms with E-state index in [9.17, 15) is 9.59 Å². The first kappa shape index (κ1) is 19.5. The Kier molecular flexibility index (Phi) is 6.03. The second kappa shape index (κ2) is 8.04. The van der Waals surface area contributed by atoms with Gasteiger partial charge >= 0.3 is 0 Å². The Morgan fingerprint density at radius 3 is 2.00 bits per heavy atom. The maximum atomic E-state index is 13.0. The zero-order valence-electron chi connectivity index (χ0n) is 16.1. The molecule has 0 heterocycles. The number of amides is 2. The molecule has 0 saturated heterocycles. The van der Waals surface area contributed by atoms with Crippen LogP contribution >= 0.6 is 0 Å². The molecule has 2 amide bonds. The quantitative estimate of drug-likeness (QED) is 0.804. The van der Waals surface area contributed by atoms with Crippen LogP contribution in [0.25, 0.3) is 0 Å². The van der Waals surface area contributed by atoms with Gasteiger partial charge in [0.2, 0.25) is 11.8 Å². The highest BCUT2D eigenvalue weighted by Crippen LogP contribution is 2.26. The van der Waals surface area contributed by atoms with Gasteiger partial charge in [-0.1, -0.05) is 18.2 Å². The number of para-hydroxylation sites is 1. The van der Waals surface area contributed by atoms with Crippen LogP contribution in [0.5, 0.6) is 0 Å². The van der Waals surface area contributed by atoms with Crippen molar-refractivity contribution in [2.75, 3.05) is 35.8 Å². The minimum atomic E-state index is -1.19. The van der Waals surface area contributed by atoms with Crippen LogP contribution in [0, 0.1) is 5.41 Å². The van der Waals surface area contributed by atoms with Crippen molar-refractivity contribution >= 4 is 28.9 Å². The smallest absolute Gasteiger partial charge is 0.242 e. The Balaban J connectivity index is 2.16. The Labute approximate surface area is 155 Å². The van der Waals surface area contributed by atoms with Gasteiger partial charge in [-0.25, -0.2) is 0 Å². The summed E-state index contributed by atoms with van der Waals surface area (Å²) in [5.41, 5.74) is 1.31. The molecular weight excluding hydrogens is 326 g/mol. The van der Waals surface area contributed by atoms with Crippen molar-refractivity contribution in [2.24, 2.45) is 5.41 Å². The molecular formula is C21H27N3O2. The van der Waals surface area contributed by atoms with Crippen LogP contribution in [0.4, 0.5) is 17.1 Å². The van der Waals surface area contributed by atoms with E-state index in [1.165, 1.54) is 0 Å². The van der Waals surface area contributed by atoms with Crippen molar-refractivity contribution in [3.63, 3.8) is 0 Å². The molecule has 2 aromatic carbocycles. The van der Waals surface area contributed by atoms with E-state index in [2.05, 4.69) is 5.32 Å². The fourth-order valence-electron chi connectivity index (χ4n) is 2.62. The van der Waals surface area contributed by atoms with Crippen molar-refractivity contribution in [1.82, 2.24) is 0 Å². The molecule has 0 radical (unpaired) electrons. The molecule has 0 aromatic heterocycles. The predicted molar refractivity (Wildman–Crippen MR) is 108 cm³/mol. The summed E-state index contributed by atoms with van der Waals surface area (Å²) in [6, 6.07) is 16.9. The number of carbonyl (C=O) groups excluding carboxylic acids is 2. The summed E-state index contributed by atoms with van der Waals surface area (Å²) in [7, 11) is 3.91. The van der Waals surface area contributed by atoms with E-state index in [0.29, 0.717) is 12.2 Å². The SMILES string of the molecule is CCN(C(=O)C(C)(C)C(=O)Nc1ccc(N(C)C)cc1)c1ccccc1. The molecule has 2 rings (SSSR count). The van der Waals surface area contributed by atoms with Crippen LogP contribution < -0.4 is 15.1 Å². The second-order valence-corrected chi connectivity index (χ2v) is 6.91. The summed E-state index contributed by atoms with van der Waals surface area (Å²) in [5, 5.41) is 2.85. The topological polar surface area (TPSA) is 52.7 Å². The van der Waals surface area contributed by atoms with E-state index in [1.807, 2.05) is 80.5 Å². The van der Waals surface area contributed by atoms with Gasteiger partial charge in [0, 0.05) is 37.7 Å². The molecule has 0 aliphatic heterocycles. The normalized spacial score (nSPS) is 11.0. The van der Waals surface area contributed by atoms with Crippen LogP contribution in [-0.4, -0.2) is 32.5 Å². The average Bonchev–Trinajstić information content (AvgIpc) is 2.63. The van der Waals surface area contributed by atoms with Crippen molar-refractivity contribution in [3.8, 4) is 0 Å². The molecule has 0 aliphatic rings. The monoisotopic (exact) mass is 353 g/mol. The lowest BCUT2D eigenvalue weighted by atomic mass is 9.89. The summed E-state index contributed by atoms with van der Waals surface area (Å²) in [6.45, 7) is 5.71. The van der Waals surface area contributed by atoms with E-state index in [-0.39, 0.29) is 11.8 Å². The Bertz CT molecular complexity index is 753. The highest BCUT2D eigenvalue weighted by Gasteiger charge is 2.39. The largest absolute Gasteiger partial charge is 0.378 e. The summed E-state index contributed by atoms with van der Waals surface area (Å²) in [6.07, 6.45) is 0. The molecule has 0 saturated carbocycles. The van der Waals surface area contributed by atoms with Crippen LogP contribution in [-0.2, 0) is 9.59 Å². The van der Waals surface area contributed by atoms with Gasteiger partial charge in [0.15, 0.2) is 0 Å². The molecule has 138 valence electrons. The van der Waals surface area contributed by atoms with Gasteiger partial charge in [-0.3, -0.25) is 9.59 Å². The van der Waals surface area contributed by atoms with E-state index < -0.39 is 5.41 Å². The third kappa shape index (κ3) is 4.23. The zero-order valence-corrected chi connectivity index (χ0v) is 16.1. The van der Waals surface area contributed by atoms with Crippen LogP contribution in [0.15, 0.2) is 54.6 Å². The second-order valence-electron chi connectivity index (χ2n) is 6.91. The van der Waals surface area contributed by atoms with Gasteiger partial charge in [0.25, 0.3) is 0 Å². The number of carbonyl (C=O) groups is 2. The number of benzene rings is 2. The zero-order chi connectivity index (χ0) is 19.3. The van der Waals surface area contributed by atoms with Gasteiger partial charge in [-0.05, 0) is 57.2 Å². The summed E-state index contributed by atoms with van der Waals surface area (Å²) < 4.78 is 0. The van der Waals surface area contributed by atoms with Gasteiger partial charge in [-0.2, -0.15) is 0 Å². The van der Waals surface area contributed by atoms with E-state index in [0.717, 1.165) is 11.4 Å². The van der Waals surface area contributed by atoms with Gasteiger partial charge in [0.05, 0.1) is 0 Å². The molecule has 2 aromatic rings. The fourth-order valence-corrected chi connectivity index (χ4v) is 2.62. The van der Waals surface area contributed by atoms with E-state index >= 15 is 0 Å². The maximum absolute atomic E-state index is 13.0. The molecule has 0 spiro atoms. The molecule has 5 nitrogen and oxygen atoms in total. The van der Waals surface area contributed by atoms with E-state index in [1.54, 1.807) is 18.7 Å². The number of rotatable bonds is 6. The van der Waals surface area contributed by atoms with Gasteiger partial charge in [-0.15, -0.1) is 0 Å². The third-order valence-electron chi connectivity index (χ3n) is 4.37. The minimum absolute atomic E-state index is 0.228.